The van der Waals surface area contributed by atoms with Gasteiger partial charge in [-0.15, -0.1) is 0 Å². The summed E-state index contributed by atoms with van der Waals surface area (Å²) in [5, 5.41) is 1.50. The lowest BCUT2D eigenvalue weighted by Gasteiger charge is -2.31. The van der Waals surface area contributed by atoms with E-state index in [2.05, 4.69) is 92.1 Å². The number of hydrogen-bond acceptors (Lipinski definition) is 3. The van der Waals surface area contributed by atoms with Crippen LogP contribution in [0.5, 0.6) is 0 Å². The van der Waals surface area contributed by atoms with Crippen LogP contribution >= 0.6 is 0 Å². The molecule has 1 unspecified atom stereocenters. The molecule has 190 valence electrons. The van der Waals surface area contributed by atoms with Gasteiger partial charge in [0.1, 0.15) is 12.4 Å². The highest BCUT2D eigenvalue weighted by Crippen LogP contribution is 2.32. The number of nitrogens with two attached hydrogens (primary N) is 1. The smallest absolute Gasteiger partial charge is 0.243 e. The van der Waals surface area contributed by atoms with Crippen LogP contribution in [0, 0.1) is 0 Å². The number of rotatable bonds is 11. The molecule has 1 fully saturated rings. The van der Waals surface area contributed by atoms with Crippen LogP contribution in [-0.4, -0.2) is 46.5 Å². The van der Waals surface area contributed by atoms with Gasteiger partial charge in [-0.05, 0) is 41.6 Å². The van der Waals surface area contributed by atoms with Gasteiger partial charge in [0.25, 0.3) is 0 Å². The van der Waals surface area contributed by atoms with Gasteiger partial charge in [0.05, 0.1) is 34.4 Å². The summed E-state index contributed by atoms with van der Waals surface area (Å²) < 4.78 is 10.6. The third kappa shape index (κ3) is 6.98. The van der Waals surface area contributed by atoms with Gasteiger partial charge < -0.3 is 15.4 Å². The molecule has 34 heavy (non-hydrogen) atoms. The van der Waals surface area contributed by atoms with Gasteiger partial charge in [0.15, 0.2) is 0 Å². The molecule has 0 aliphatic carbocycles. The van der Waals surface area contributed by atoms with Crippen LogP contribution in [0.3, 0.4) is 0 Å². The first-order chi connectivity index (χ1) is 15.9. The molecule has 0 bridgehead atoms. The monoisotopic (exact) mass is 501 g/mol. The number of hydrogen-bond donors (Lipinski definition) is 1. The van der Waals surface area contributed by atoms with E-state index in [9.17, 15) is 0 Å². The third-order valence-electron chi connectivity index (χ3n) is 7.01. The first kappa shape index (κ1) is 27.0. The van der Waals surface area contributed by atoms with E-state index in [0.29, 0.717) is 6.10 Å². The maximum absolute atomic E-state index is 6.90. The summed E-state index contributed by atoms with van der Waals surface area (Å²) in [4.78, 5) is 2.59. The Morgan fingerprint density at radius 2 is 1.91 bits per heavy atom. The number of nitrogens with zero attached hydrogens (tertiary/aromatic N) is 3. The van der Waals surface area contributed by atoms with Crippen molar-refractivity contribution in [3.63, 3.8) is 0 Å². The molecule has 2 aromatic rings. The summed E-state index contributed by atoms with van der Waals surface area (Å²) in [6.07, 6.45) is 11.0. The first-order valence-corrected chi connectivity index (χ1v) is 20.4. The molecule has 1 aliphatic rings. The number of imidazole rings is 1. The van der Waals surface area contributed by atoms with Gasteiger partial charge in [0.2, 0.25) is 6.33 Å². The van der Waals surface area contributed by atoms with Crippen molar-refractivity contribution in [2.75, 3.05) is 30.3 Å². The summed E-state index contributed by atoms with van der Waals surface area (Å²) >= 11 is 0. The minimum Gasteiger partial charge on any atom is -0.399 e. The highest BCUT2D eigenvalue weighted by molar-refractivity contribution is 6.90. The van der Waals surface area contributed by atoms with E-state index in [1.54, 1.807) is 0 Å². The molecule has 2 N–H and O–H groups in total. The Morgan fingerprint density at radius 3 is 2.50 bits per heavy atom. The molecular weight excluding hydrogens is 452 g/mol. The minimum atomic E-state index is -1.58. The van der Waals surface area contributed by atoms with Crippen molar-refractivity contribution in [1.82, 2.24) is 4.57 Å². The van der Waals surface area contributed by atoms with Gasteiger partial charge in [-0.1, -0.05) is 52.2 Å². The molecular formula is C27H49N4OSi2+. The van der Waals surface area contributed by atoms with Crippen LogP contribution in [0.2, 0.25) is 45.3 Å². The van der Waals surface area contributed by atoms with Crippen molar-refractivity contribution in [1.29, 1.82) is 0 Å². The maximum atomic E-state index is 6.90. The van der Waals surface area contributed by atoms with Crippen molar-refractivity contribution >= 4 is 32.7 Å². The maximum Gasteiger partial charge on any atom is 0.243 e. The van der Waals surface area contributed by atoms with E-state index in [4.69, 9.17) is 10.5 Å². The van der Waals surface area contributed by atoms with Crippen LogP contribution in [0.1, 0.15) is 30.9 Å². The summed E-state index contributed by atoms with van der Waals surface area (Å²) in [7, 11) is -0.650. The van der Waals surface area contributed by atoms with Crippen LogP contribution < -0.4 is 20.4 Å². The third-order valence-corrected chi connectivity index (χ3v) is 10.8. The second-order valence-corrected chi connectivity index (χ2v) is 23.0. The van der Waals surface area contributed by atoms with E-state index in [1.165, 1.54) is 28.0 Å². The fraction of sp³-hybridized carbons (Fsp3) is 0.667. The topological polar surface area (TPSA) is 47.3 Å². The number of aromatic nitrogens is 2. The summed E-state index contributed by atoms with van der Waals surface area (Å²) in [6.45, 7) is 20.9. The molecule has 1 aromatic carbocycles. The Hall–Kier alpha value is -1.58. The lowest BCUT2D eigenvalue weighted by molar-refractivity contribution is -0.671. The molecule has 3 rings (SSSR count). The van der Waals surface area contributed by atoms with Gasteiger partial charge in [0, 0.05) is 39.0 Å². The average Bonchev–Trinajstić information content (AvgIpc) is 3.37. The quantitative estimate of drug-likeness (QED) is 0.212. The van der Waals surface area contributed by atoms with Gasteiger partial charge in [-0.2, -0.15) is 0 Å². The van der Waals surface area contributed by atoms with Gasteiger partial charge in [-0.25, -0.2) is 9.13 Å². The Bertz CT molecular complexity index is 959. The van der Waals surface area contributed by atoms with E-state index in [0.717, 1.165) is 57.6 Å². The summed E-state index contributed by atoms with van der Waals surface area (Å²) in [5.41, 5.74) is 12.3. The van der Waals surface area contributed by atoms with Gasteiger partial charge >= 0.3 is 0 Å². The molecule has 7 heteroatoms. The fourth-order valence-electron chi connectivity index (χ4n) is 5.21. The first-order valence-electron chi connectivity index (χ1n) is 13.2. The number of aryl methyl sites for hydroxylation is 3. The molecule has 2 heterocycles. The van der Waals surface area contributed by atoms with Crippen molar-refractivity contribution in [3.8, 4) is 0 Å². The predicted octanol–water partition coefficient (Wildman–Crippen LogP) is 4.57. The molecule has 0 amide bonds. The number of ether oxygens (including phenoxy) is 1. The van der Waals surface area contributed by atoms with Crippen molar-refractivity contribution < 1.29 is 9.30 Å². The normalized spacial score (nSPS) is 17.1. The lowest BCUT2D eigenvalue weighted by atomic mass is 10.0. The Labute approximate surface area is 210 Å². The minimum absolute atomic E-state index is 0.323. The molecule has 1 atom stereocenters. The SMILES string of the molecule is CCc1c(N2CCC(OCCCn3cc[n+](C)c3)C2)cc(CC[Si](C)(C)C)c(N)c1[Si](C)(C)C. The zero-order valence-electron chi connectivity index (χ0n) is 23.1. The predicted molar refractivity (Wildman–Crippen MR) is 152 cm³/mol. The van der Waals surface area contributed by atoms with Gasteiger partial charge in [-0.3, -0.25) is 0 Å². The van der Waals surface area contributed by atoms with Crippen LogP contribution in [0.25, 0.3) is 0 Å². The fourth-order valence-corrected chi connectivity index (χ4v) is 8.41. The van der Waals surface area contributed by atoms with E-state index in [-0.39, 0.29) is 0 Å². The molecule has 1 aromatic heterocycles. The average molecular weight is 502 g/mol. The summed E-state index contributed by atoms with van der Waals surface area (Å²) in [6, 6.07) is 3.74. The Balaban J connectivity index is 1.74. The zero-order valence-corrected chi connectivity index (χ0v) is 25.1. The Morgan fingerprint density at radius 1 is 1.18 bits per heavy atom. The van der Waals surface area contributed by atoms with E-state index in [1.807, 2.05) is 0 Å². The molecule has 1 aliphatic heterocycles. The highest BCUT2D eigenvalue weighted by Gasteiger charge is 2.31. The van der Waals surface area contributed by atoms with E-state index < -0.39 is 16.1 Å². The van der Waals surface area contributed by atoms with Crippen molar-refractivity contribution in [2.24, 2.45) is 7.05 Å². The summed E-state index contributed by atoms with van der Waals surface area (Å²) in [5.74, 6) is 0. The van der Waals surface area contributed by atoms with Crippen LogP contribution in [-0.2, 0) is 31.2 Å². The molecule has 0 radical (unpaired) electrons. The van der Waals surface area contributed by atoms with Crippen LogP contribution in [0.15, 0.2) is 24.8 Å². The number of anilines is 2. The second-order valence-electron chi connectivity index (χ2n) is 12.4. The van der Waals surface area contributed by atoms with E-state index >= 15 is 0 Å². The second kappa shape index (κ2) is 11.0. The number of benzene rings is 1. The lowest BCUT2D eigenvalue weighted by Crippen LogP contribution is -2.43. The standard InChI is InChI=1S/C27H49N4OSi2/c1-9-24-25(19-22(12-18-33(3,4)5)26(28)27(24)34(6,7)8)31-14-11-23(20-31)32-17-10-13-30-16-15-29(2)21-30/h15-16,19,21,23H,9-14,17-18,20,28H2,1-8H3/q+1. The largest absolute Gasteiger partial charge is 0.399 e. The van der Waals surface area contributed by atoms with Crippen molar-refractivity contribution in [2.45, 2.75) is 90.6 Å². The number of nitrogen functional groups attached to an aromatic ring is 1. The molecule has 0 saturated carbocycles. The van der Waals surface area contributed by atoms with Crippen LogP contribution in [0.4, 0.5) is 11.4 Å². The molecule has 1 saturated heterocycles. The zero-order chi connectivity index (χ0) is 25.1. The highest BCUT2D eigenvalue weighted by atomic mass is 28.3. The molecule has 0 spiro atoms. The Kier molecular flexibility index (Phi) is 8.74. The van der Waals surface area contributed by atoms with Crippen molar-refractivity contribution in [3.05, 3.63) is 35.9 Å². The molecule has 5 nitrogen and oxygen atoms in total.